The fourth-order valence-corrected chi connectivity index (χ4v) is 2.59. The second-order valence-electron chi connectivity index (χ2n) is 4.48. The normalized spacial score (nSPS) is 11.1. The van der Waals surface area contributed by atoms with Gasteiger partial charge >= 0.3 is 0 Å². The number of rotatable bonds is 3. The first kappa shape index (κ1) is 14.7. The molecule has 22 heavy (non-hydrogen) atoms. The van der Waals surface area contributed by atoms with E-state index >= 15 is 0 Å². The summed E-state index contributed by atoms with van der Waals surface area (Å²) < 4.78 is 2.83. The molecule has 3 rings (SSSR count). The Morgan fingerprint density at radius 3 is 2.82 bits per heavy atom. The molecule has 1 heterocycles. The Hall–Kier alpha value is -2.25. The number of hydrogen-bond donors (Lipinski definition) is 2. The summed E-state index contributed by atoms with van der Waals surface area (Å²) in [7, 11) is 0. The predicted molar refractivity (Wildman–Crippen MR) is 91.6 cm³/mol. The molecule has 0 aliphatic rings. The number of H-pyrrole nitrogens is 1. The van der Waals surface area contributed by atoms with Crippen LogP contribution in [0.5, 0.6) is 5.75 Å². The highest BCUT2D eigenvalue weighted by Crippen LogP contribution is 2.26. The van der Waals surface area contributed by atoms with Crippen molar-refractivity contribution in [3.8, 4) is 17.1 Å². The van der Waals surface area contributed by atoms with Crippen LogP contribution >= 0.6 is 28.1 Å². The number of aromatic hydroxyl groups is 1. The van der Waals surface area contributed by atoms with Crippen LogP contribution in [0.25, 0.3) is 11.4 Å². The van der Waals surface area contributed by atoms with Gasteiger partial charge in [-0.3, -0.25) is 0 Å². The molecule has 3 aromatic rings. The van der Waals surface area contributed by atoms with Gasteiger partial charge in [0.2, 0.25) is 4.77 Å². The third-order valence-electron chi connectivity index (χ3n) is 2.96. The molecule has 0 aliphatic carbocycles. The highest BCUT2D eigenvalue weighted by atomic mass is 79.9. The first-order chi connectivity index (χ1) is 10.6. The fraction of sp³-hybridized carbons (Fsp3) is 0. The van der Waals surface area contributed by atoms with Gasteiger partial charge in [0.15, 0.2) is 5.82 Å². The van der Waals surface area contributed by atoms with E-state index in [1.165, 1.54) is 0 Å². The Morgan fingerprint density at radius 1 is 1.23 bits per heavy atom. The van der Waals surface area contributed by atoms with Crippen LogP contribution in [0.2, 0.25) is 0 Å². The lowest BCUT2D eigenvalue weighted by Gasteiger charge is -2.03. The van der Waals surface area contributed by atoms with Crippen molar-refractivity contribution in [1.82, 2.24) is 14.9 Å². The number of aromatic amines is 1. The molecule has 0 radical (unpaired) electrons. The molecule has 0 amide bonds. The molecule has 2 aromatic carbocycles. The van der Waals surface area contributed by atoms with Gasteiger partial charge in [0.1, 0.15) is 5.75 Å². The smallest absolute Gasteiger partial charge is 0.216 e. The highest BCUT2D eigenvalue weighted by molar-refractivity contribution is 9.10. The first-order valence-electron chi connectivity index (χ1n) is 6.41. The van der Waals surface area contributed by atoms with Crippen LogP contribution < -0.4 is 0 Å². The molecule has 7 heteroatoms. The van der Waals surface area contributed by atoms with Crippen molar-refractivity contribution in [1.29, 1.82) is 0 Å². The third kappa shape index (κ3) is 3.00. The Kier molecular flexibility index (Phi) is 4.17. The lowest BCUT2D eigenvalue weighted by molar-refractivity contribution is 0.475. The van der Waals surface area contributed by atoms with E-state index < -0.39 is 0 Å². The summed E-state index contributed by atoms with van der Waals surface area (Å²) >= 11 is 8.72. The van der Waals surface area contributed by atoms with Gasteiger partial charge in [0.25, 0.3) is 0 Å². The van der Waals surface area contributed by atoms with Gasteiger partial charge in [-0.2, -0.15) is 14.9 Å². The van der Waals surface area contributed by atoms with Crippen LogP contribution in [0.3, 0.4) is 0 Å². The van der Waals surface area contributed by atoms with Gasteiger partial charge in [-0.1, -0.05) is 40.2 Å². The van der Waals surface area contributed by atoms with Gasteiger partial charge in [0.05, 0.1) is 6.21 Å². The summed E-state index contributed by atoms with van der Waals surface area (Å²) in [5.41, 5.74) is 1.64. The molecule has 0 spiro atoms. The Balaban J connectivity index is 2.04. The van der Waals surface area contributed by atoms with E-state index in [9.17, 15) is 5.11 Å². The average molecular weight is 375 g/mol. The Labute approximate surface area is 140 Å². The number of hydrogen-bond acceptors (Lipinski definition) is 4. The molecule has 0 saturated carbocycles. The lowest BCUT2D eigenvalue weighted by atomic mass is 10.2. The zero-order chi connectivity index (χ0) is 15.5. The van der Waals surface area contributed by atoms with E-state index in [4.69, 9.17) is 12.2 Å². The maximum Gasteiger partial charge on any atom is 0.216 e. The molecular weight excluding hydrogens is 364 g/mol. The predicted octanol–water partition coefficient (Wildman–Crippen LogP) is 3.96. The summed E-state index contributed by atoms with van der Waals surface area (Å²) in [6.45, 7) is 0. The van der Waals surface area contributed by atoms with Crippen molar-refractivity contribution in [3.63, 3.8) is 0 Å². The molecule has 0 fully saturated rings. The van der Waals surface area contributed by atoms with Crippen molar-refractivity contribution >= 4 is 34.4 Å². The van der Waals surface area contributed by atoms with E-state index in [0.717, 1.165) is 15.6 Å². The van der Waals surface area contributed by atoms with Crippen LogP contribution in [0.4, 0.5) is 0 Å². The van der Waals surface area contributed by atoms with Gasteiger partial charge in [-0.05, 0) is 42.0 Å². The average Bonchev–Trinajstić information content (AvgIpc) is 2.87. The standard InChI is InChI=1S/C15H11BrN4OS/c16-13-7-2-1-6-12(13)14-18-19-15(22)20(14)17-9-10-4-3-5-11(21)8-10/h1-9,21H,(H,19,22). The van der Waals surface area contributed by atoms with Crippen molar-refractivity contribution < 1.29 is 5.11 Å². The minimum Gasteiger partial charge on any atom is -0.508 e. The SMILES string of the molecule is Oc1cccc(C=Nn2c(-c3ccccc3Br)n[nH]c2=S)c1. The number of benzene rings is 2. The summed E-state index contributed by atoms with van der Waals surface area (Å²) in [6, 6.07) is 14.5. The van der Waals surface area contributed by atoms with Crippen LogP contribution in [0, 0.1) is 4.77 Å². The van der Waals surface area contributed by atoms with E-state index in [2.05, 4.69) is 31.2 Å². The summed E-state index contributed by atoms with van der Waals surface area (Å²) in [5.74, 6) is 0.791. The minimum atomic E-state index is 0.186. The number of aromatic nitrogens is 3. The highest BCUT2D eigenvalue weighted by Gasteiger charge is 2.10. The molecule has 1 aromatic heterocycles. The van der Waals surface area contributed by atoms with E-state index in [1.54, 1.807) is 29.1 Å². The fourth-order valence-electron chi connectivity index (χ4n) is 1.95. The van der Waals surface area contributed by atoms with Gasteiger partial charge in [0, 0.05) is 10.0 Å². The zero-order valence-electron chi connectivity index (χ0n) is 11.3. The number of nitrogens with zero attached hydrogens (tertiary/aromatic N) is 3. The molecular formula is C15H11BrN4OS. The number of halogens is 1. The molecule has 110 valence electrons. The molecule has 0 unspecified atom stereocenters. The number of phenols is 1. The second-order valence-corrected chi connectivity index (χ2v) is 5.72. The monoisotopic (exact) mass is 374 g/mol. The molecule has 0 aliphatic heterocycles. The summed E-state index contributed by atoms with van der Waals surface area (Å²) in [6.07, 6.45) is 1.62. The maximum absolute atomic E-state index is 9.48. The molecule has 0 saturated heterocycles. The largest absolute Gasteiger partial charge is 0.508 e. The number of phenolic OH excluding ortho intramolecular Hbond substituents is 1. The number of nitrogens with one attached hydrogen (secondary N) is 1. The van der Waals surface area contributed by atoms with Gasteiger partial charge in [-0.25, -0.2) is 5.10 Å². The third-order valence-corrected chi connectivity index (χ3v) is 3.91. The second kappa shape index (κ2) is 6.25. The van der Waals surface area contributed by atoms with E-state index in [1.807, 2.05) is 30.3 Å². The zero-order valence-corrected chi connectivity index (χ0v) is 13.7. The molecule has 5 nitrogen and oxygen atoms in total. The topological polar surface area (TPSA) is 66.2 Å². The first-order valence-corrected chi connectivity index (χ1v) is 7.61. The van der Waals surface area contributed by atoms with E-state index in [-0.39, 0.29) is 5.75 Å². The lowest BCUT2D eigenvalue weighted by Crippen LogP contribution is -1.95. The Bertz CT molecular complexity index is 900. The van der Waals surface area contributed by atoms with Crippen molar-refractivity contribution in [3.05, 3.63) is 63.3 Å². The van der Waals surface area contributed by atoms with Crippen molar-refractivity contribution in [2.45, 2.75) is 0 Å². The van der Waals surface area contributed by atoms with Crippen LogP contribution in [0.15, 0.2) is 58.1 Å². The quantitative estimate of drug-likeness (QED) is 0.538. The van der Waals surface area contributed by atoms with Crippen LogP contribution in [0.1, 0.15) is 5.56 Å². The Morgan fingerprint density at radius 2 is 2.05 bits per heavy atom. The molecule has 0 atom stereocenters. The summed E-state index contributed by atoms with van der Waals surface area (Å²) in [5, 5.41) is 20.8. The van der Waals surface area contributed by atoms with Crippen LogP contribution in [-0.2, 0) is 0 Å². The molecule has 0 bridgehead atoms. The van der Waals surface area contributed by atoms with Gasteiger partial charge in [-0.15, -0.1) is 0 Å². The molecule has 2 N–H and O–H groups in total. The maximum atomic E-state index is 9.48. The van der Waals surface area contributed by atoms with Crippen molar-refractivity contribution in [2.75, 3.05) is 0 Å². The minimum absolute atomic E-state index is 0.186. The van der Waals surface area contributed by atoms with Crippen LogP contribution in [-0.4, -0.2) is 26.2 Å². The van der Waals surface area contributed by atoms with Crippen molar-refractivity contribution in [2.24, 2.45) is 5.10 Å². The van der Waals surface area contributed by atoms with Gasteiger partial charge < -0.3 is 5.11 Å². The summed E-state index contributed by atoms with van der Waals surface area (Å²) in [4.78, 5) is 0. The van der Waals surface area contributed by atoms with E-state index in [0.29, 0.717) is 10.6 Å².